The Kier molecular flexibility index (Phi) is 5.51. The van der Waals surface area contributed by atoms with Crippen molar-refractivity contribution in [3.63, 3.8) is 0 Å². The summed E-state index contributed by atoms with van der Waals surface area (Å²) in [4.78, 5) is 27.7. The maximum absolute atomic E-state index is 12.6. The zero-order valence-corrected chi connectivity index (χ0v) is 16.5. The van der Waals surface area contributed by atoms with Crippen molar-refractivity contribution in [2.24, 2.45) is 0 Å². The van der Waals surface area contributed by atoms with Crippen LogP contribution < -0.4 is 20.3 Å². The van der Waals surface area contributed by atoms with Gasteiger partial charge in [0.05, 0.1) is 18.1 Å². The van der Waals surface area contributed by atoms with E-state index in [4.69, 9.17) is 9.47 Å². The number of rotatable bonds is 7. The number of aromatic nitrogens is 2. The van der Waals surface area contributed by atoms with Crippen LogP contribution in [-0.4, -0.2) is 27.5 Å². The Morgan fingerprint density at radius 3 is 2.80 bits per heavy atom. The first kappa shape index (κ1) is 19.7. The van der Waals surface area contributed by atoms with Gasteiger partial charge < -0.3 is 14.8 Å². The molecule has 1 saturated carbocycles. The van der Waals surface area contributed by atoms with Crippen LogP contribution in [0.2, 0.25) is 0 Å². The third-order valence-corrected chi connectivity index (χ3v) is 5.21. The van der Waals surface area contributed by atoms with Gasteiger partial charge in [-0.3, -0.25) is 19.3 Å². The van der Waals surface area contributed by atoms with Crippen molar-refractivity contribution in [1.82, 2.24) is 9.38 Å². The fourth-order valence-corrected chi connectivity index (χ4v) is 3.65. The monoisotopic (exact) mass is 410 g/mol. The Labute approximate surface area is 172 Å². The predicted octanol–water partition coefficient (Wildman–Crippen LogP) is 3.54. The summed E-state index contributed by atoms with van der Waals surface area (Å²) in [6.45, 7) is 0.211. The van der Waals surface area contributed by atoms with Gasteiger partial charge in [0.1, 0.15) is 17.1 Å². The number of benzene rings is 1. The molecule has 0 amide bonds. The van der Waals surface area contributed by atoms with E-state index < -0.39 is 16.2 Å². The van der Waals surface area contributed by atoms with E-state index in [0.717, 1.165) is 35.6 Å². The summed E-state index contributed by atoms with van der Waals surface area (Å²) in [6.07, 6.45) is 5.88. The molecule has 0 saturated heterocycles. The van der Waals surface area contributed by atoms with Crippen molar-refractivity contribution in [3.8, 4) is 11.5 Å². The molecule has 4 rings (SSSR count). The van der Waals surface area contributed by atoms with Crippen molar-refractivity contribution in [2.75, 3.05) is 12.4 Å². The number of ether oxygens (including phenoxy) is 2. The highest BCUT2D eigenvalue weighted by molar-refractivity contribution is 5.60. The minimum absolute atomic E-state index is 0.0705. The molecule has 1 fully saturated rings. The number of hydrogen-bond acceptors (Lipinski definition) is 7. The highest BCUT2D eigenvalue weighted by Gasteiger charge is 2.24. The lowest BCUT2D eigenvalue weighted by Gasteiger charge is -2.18. The van der Waals surface area contributed by atoms with Crippen LogP contribution in [0.15, 0.2) is 47.4 Å². The fraction of sp³-hybridized carbons (Fsp3) is 0.333. The van der Waals surface area contributed by atoms with Crippen LogP contribution in [0.3, 0.4) is 0 Å². The lowest BCUT2D eigenvalue weighted by Crippen LogP contribution is -2.21. The number of fused-ring (bicyclic) bond motifs is 1. The molecule has 0 bridgehead atoms. The first-order chi connectivity index (χ1) is 14.6. The van der Waals surface area contributed by atoms with Crippen LogP contribution in [0.4, 0.5) is 11.5 Å². The van der Waals surface area contributed by atoms with E-state index in [9.17, 15) is 14.9 Å². The number of nitro groups is 1. The number of anilines is 1. The molecule has 156 valence electrons. The molecule has 1 aliphatic carbocycles. The average Bonchev–Trinajstić information content (AvgIpc) is 3.25. The van der Waals surface area contributed by atoms with Crippen LogP contribution in [0.1, 0.15) is 31.2 Å². The largest absolute Gasteiger partial charge is 0.497 e. The minimum Gasteiger partial charge on any atom is -0.497 e. The molecule has 0 spiro atoms. The van der Waals surface area contributed by atoms with Gasteiger partial charge in [0.2, 0.25) is 5.82 Å². The number of hydrogen-bond donors (Lipinski definition) is 1. The quantitative estimate of drug-likeness (QED) is 0.469. The second kappa shape index (κ2) is 8.40. The van der Waals surface area contributed by atoms with Gasteiger partial charge in [-0.2, -0.15) is 0 Å². The number of nitrogens with one attached hydrogen (secondary N) is 1. The molecule has 9 nitrogen and oxygen atoms in total. The smallest absolute Gasteiger partial charge is 0.376 e. The maximum Gasteiger partial charge on any atom is 0.376 e. The predicted molar refractivity (Wildman–Crippen MR) is 111 cm³/mol. The van der Waals surface area contributed by atoms with Gasteiger partial charge in [-0.25, -0.2) is 4.98 Å². The van der Waals surface area contributed by atoms with Gasteiger partial charge in [-0.15, -0.1) is 0 Å². The molecule has 30 heavy (non-hydrogen) atoms. The fourth-order valence-electron chi connectivity index (χ4n) is 3.65. The molecule has 2 heterocycles. The molecule has 1 aliphatic rings. The minimum atomic E-state index is -0.731. The summed E-state index contributed by atoms with van der Waals surface area (Å²) in [7, 11) is 1.59. The Morgan fingerprint density at radius 1 is 1.27 bits per heavy atom. The van der Waals surface area contributed by atoms with Crippen LogP contribution in [0, 0.1) is 10.1 Å². The lowest BCUT2D eigenvalue weighted by molar-refractivity contribution is -0.385. The Bertz CT molecular complexity index is 1140. The molecular weight excluding hydrogens is 388 g/mol. The third kappa shape index (κ3) is 3.91. The second-order valence-electron chi connectivity index (χ2n) is 7.15. The first-order valence-electron chi connectivity index (χ1n) is 9.80. The number of methoxy groups -OCH3 is 1. The summed E-state index contributed by atoms with van der Waals surface area (Å²) >= 11 is 0. The topological polar surface area (TPSA) is 108 Å². The number of nitrogens with zero attached hydrogens (tertiary/aromatic N) is 3. The van der Waals surface area contributed by atoms with E-state index in [1.807, 2.05) is 12.1 Å². The summed E-state index contributed by atoms with van der Waals surface area (Å²) in [5, 5.41) is 14.5. The van der Waals surface area contributed by atoms with Crippen molar-refractivity contribution in [2.45, 2.75) is 38.3 Å². The van der Waals surface area contributed by atoms with Gasteiger partial charge in [-0.05, 0) is 49.9 Å². The van der Waals surface area contributed by atoms with Crippen molar-refractivity contribution < 1.29 is 14.4 Å². The zero-order valence-electron chi connectivity index (χ0n) is 16.5. The van der Waals surface area contributed by atoms with E-state index in [0.29, 0.717) is 17.1 Å². The van der Waals surface area contributed by atoms with Crippen molar-refractivity contribution >= 4 is 17.2 Å². The molecule has 3 aromatic rings. The van der Waals surface area contributed by atoms with Gasteiger partial charge >= 0.3 is 11.2 Å². The average molecular weight is 410 g/mol. The SMILES string of the molecule is COc1ccc(CNc2nc3ccccn3c(=O)c2[N+](=O)[O-])c(OC2CCCC2)c1. The summed E-state index contributed by atoms with van der Waals surface area (Å²) in [5.74, 6) is 1.26. The molecule has 0 atom stereocenters. The Hall–Kier alpha value is -3.62. The third-order valence-electron chi connectivity index (χ3n) is 5.21. The normalized spacial score (nSPS) is 14.0. The Morgan fingerprint density at radius 2 is 2.07 bits per heavy atom. The van der Waals surface area contributed by atoms with E-state index in [-0.39, 0.29) is 18.5 Å². The molecular formula is C21H22N4O5. The Balaban J connectivity index is 1.66. The van der Waals surface area contributed by atoms with Crippen molar-refractivity contribution in [1.29, 1.82) is 0 Å². The molecule has 0 radical (unpaired) electrons. The summed E-state index contributed by atoms with van der Waals surface area (Å²) < 4.78 is 12.6. The second-order valence-corrected chi connectivity index (χ2v) is 7.15. The highest BCUT2D eigenvalue weighted by Crippen LogP contribution is 2.31. The molecule has 9 heteroatoms. The molecule has 2 aromatic heterocycles. The van der Waals surface area contributed by atoms with E-state index in [1.54, 1.807) is 31.4 Å². The van der Waals surface area contributed by atoms with Crippen LogP contribution >= 0.6 is 0 Å². The van der Waals surface area contributed by atoms with Gasteiger partial charge in [-0.1, -0.05) is 6.07 Å². The molecule has 0 unspecified atom stereocenters. The maximum atomic E-state index is 12.6. The van der Waals surface area contributed by atoms with Crippen molar-refractivity contribution in [3.05, 3.63) is 68.6 Å². The molecule has 1 N–H and O–H groups in total. The molecule has 1 aromatic carbocycles. The van der Waals surface area contributed by atoms with E-state index >= 15 is 0 Å². The summed E-state index contributed by atoms with van der Waals surface area (Å²) in [5.41, 5.74) is -0.199. The van der Waals surface area contributed by atoms with Crippen LogP contribution in [0.25, 0.3) is 5.65 Å². The highest BCUT2D eigenvalue weighted by atomic mass is 16.6. The van der Waals surface area contributed by atoms with Crippen LogP contribution in [0.5, 0.6) is 11.5 Å². The lowest BCUT2D eigenvalue weighted by atomic mass is 10.1. The van der Waals surface area contributed by atoms with E-state index in [1.165, 1.54) is 6.20 Å². The van der Waals surface area contributed by atoms with Gasteiger partial charge in [0.15, 0.2) is 0 Å². The summed E-state index contributed by atoms with van der Waals surface area (Å²) in [6, 6.07) is 10.4. The van der Waals surface area contributed by atoms with Gasteiger partial charge in [0, 0.05) is 24.4 Å². The number of pyridine rings is 1. The molecule has 0 aliphatic heterocycles. The standard InChI is InChI=1S/C21H22N4O5/c1-29-16-10-9-14(17(12-16)30-15-6-2-3-7-15)13-22-20-19(25(27)28)21(26)24-11-5-4-8-18(24)23-20/h4-5,8-12,15,22H,2-3,6-7,13H2,1H3. The van der Waals surface area contributed by atoms with Gasteiger partial charge in [0.25, 0.3) is 0 Å². The van der Waals surface area contributed by atoms with Crippen LogP contribution in [-0.2, 0) is 6.54 Å². The zero-order chi connectivity index (χ0) is 21.1. The van der Waals surface area contributed by atoms with E-state index in [2.05, 4.69) is 10.3 Å². The first-order valence-corrected chi connectivity index (χ1v) is 9.80.